The van der Waals surface area contributed by atoms with E-state index in [0.717, 1.165) is 0 Å². The number of amides is 2. The molecule has 7 heteroatoms. The molecule has 2 rings (SSSR count). The van der Waals surface area contributed by atoms with Crippen LogP contribution in [-0.2, 0) is 9.59 Å². The van der Waals surface area contributed by atoms with Gasteiger partial charge in [-0.15, -0.1) is 0 Å². The molecule has 0 aromatic heterocycles. The lowest BCUT2D eigenvalue weighted by atomic mass is 10.2. The molecule has 2 amide bonds. The molecule has 5 nitrogen and oxygen atoms in total. The zero-order valence-corrected chi connectivity index (χ0v) is 14.2. The third kappa shape index (κ3) is 4.05. The lowest BCUT2D eigenvalue weighted by Crippen LogP contribution is -2.37. The number of rotatable bonds is 4. The van der Waals surface area contributed by atoms with Crippen LogP contribution in [-0.4, -0.2) is 18.4 Å². The van der Waals surface area contributed by atoms with E-state index in [1.54, 1.807) is 42.5 Å². The number of nitriles is 1. The molecule has 24 heavy (non-hydrogen) atoms. The summed E-state index contributed by atoms with van der Waals surface area (Å²) in [6.07, 6.45) is 0. The first kappa shape index (κ1) is 17.8. The van der Waals surface area contributed by atoms with Crippen LogP contribution in [0.2, 0.25) is 10.0 Å². The predicted molar refractivity (Wildman–Crippen MR) is 94.3 cm³/mol. The van der Waals surface area contributed by atoms with Crippen molar-refractivity contribution < 1.29 is 9.59 Å². The Labute approximate surface area is 149 Å². The van der Waals surface area contributed by atoms with Crippen LogP contribution >= 0.6 is 23.2 Å². The third-order valence-electron chi connectivity index (χ3n) is 3.21. The van der Waals surface area contributed by atoms with Gasteiger partial charge in [-0.05, 0) is 24.3 Å². The molecule has 0 spiro atoms. The van der Waals surface area contributed by atoms with E-state index in [4.69, 9.17) is 28.5 Å². The number of carbonyl (C=O) groups is 2. The van der Waals surface area contributed by atoms with Crippen molar-refractivity contribution in [2.75, 3.05) is 16.8 Å². The second kappa shape index (κ2) is 7.82. The van der Waals surface area contributed by atoms with E-state index in [2.05, 4.69) is 5.32 Å². The van der Waals surface area contributed by atoms with Gasteiger partial charge in [-0.2, -0.15) is 5.26 Å². The molecule has 2 aromatic carbocycles. The average molecular weight is 362 g/mol. The molecule has 0 aliphatic heterocycles. The Kier molecular flexibility index (Phi) is 5.80. The fourth-order valence-corrected chi connectivity index (χ4v) is 2.72. The topological polar surface area (TPSA) is 73.2 Å². The van der Waals surface area contributed by atoms with Crippen LogP contribution < -0.4 is 10.2 Å². The highest BCUT2D eigenvalue weighted by molar-refractivity contribution is 6.40. The molecule has 0 radical (unpaired) electrons. The molecule has 0 saturated heterocycles. The van der Waals surface area contributed by atoms with Crippen molar-refractivity contribution >= 4 is 46.4 Å². The third-order valence-corrected chi connectivity index (χ3v) is 3.82. The summed E-state index contributed by atoms with van der Waals surface area (Å²) >= 11 is 12.2. The second-order valence-corrected chi connectivity index (χ2v) is 5.70. The van der Waals surface area contributed by atoms with Crippen LogP contribution in [0.15, 0.2) is 42.5 Å². The van der Waals surface area contributed by atoms with Gasteiger partial charge in [-0.25, -0.2) is 0 Å². The van der Waals surface area contributed by atoms with E-state index >= 15 is 0 Å². The maximum Gasteiger partial charge on any atom is 0.244 e. The fraction of sp³-hybridized carbons (Fsp3) is 0.118. The number of nitrogens with zero attached hydrogens (tertiary/aromatic N) is 2. The first-order valence-electron chi connectivity index (χ1n) is 6.95. The first-order valence-corrected chi connectivity index (χ1v) is 7.70. The van der Waals surface area contributed by atoms with Crippen LogP contribution in [0, 0.1) is 11.3 Å². The monoisotopic (exact) mass is 361 g/mol. The Bertz CT molecular complexity index is 811. The van der Waals surface area contributed by atoms with Gasteiger partial charge in [0.05, 0.1) is 27.0 Å². The van der Waals surface area contributed by atoms with E-state index in [0.29, 0.717) is 11.3 Å². The number of hydrogen-bond donors (Lipinski definition) is 1. The Morgan fingerprint density at radius 2 is 1.75 bits per heavy atom. The van der Waals surface area contributed by atoms with Crippen molar-refractivity contribution in [3.63, 3.8) is 0 Å². The van der Waals surface area contributed by atoms with Crippen molar-refractivity contribution in [1.29, 1.82) is 5.26 Å². The molecule has 0 aliphatic carbocycles. The van der Waals surface area contributed by atoms with Gasteiger partial charge < -0.3 is 10.2 Å². The Balaban J connectivity index is 2.24. The number of benzene rings is 2. The highest BCUT2D eigenvalue weighted by atomic mass is 35.5. The van der Waals surface area contributed by atoms with Gasteiger partial charge in [0.2, 0.25) is 11.8 Å². The van der Waals surface area contributed by atoms with Crippen LogP contribution in [0.25, 0.3) is 0 Å². The fourth-order valence-electron chi connectivity index (χ4n) is 2.12. The SMILES string of the molecule is CC(=O)N(CC(=O)Nc1ccccc1C#N)c1c(Cl)cccc1Cl. The molecular weight excluding hydrogens is 349 g/mol. The molecule has 0 bridgehead atoms. The van der Waals surface area contributed by atoms with Gasteiger partial charge in [0.15, 0.2) is 0 Å². The van der Waals surface area contributed by atoms with E-state index in [9.17, 15) is 9.59 Å². The molecule has 0 saturated carbocycles. The van der Waals surface area contributed by atoms with Crippen LogP contribution in [0.4, 0.5) is 11.4 Å². The molecule has 0 fully saturated rings. The molecule has 0 atom stereocenters. The van der Waals surface area contributed by atoms with Crippen molar-refractivity contribution in [3.05, 3.63) is 58.1 Å². The number of carbonyl (C=O) groups excluding carboxylic acids is 2. The lowest BCUT2D eigenvalue weighted by Gasteiger charge is -2.23. The summed E-state index contributed by atoms with van der Waals surface area (Å²) < 4.78 is 0. The minimum absolute atomic E-state index is 0.267. The molecule has 0 unspecified atom stereocenters. The summed E-state index contributed by atoms with van der Waals surface area (Å²) in [5.74, 6) is -0.849. The van der Waals surface area contributed by atoms with Gasteiger partial charge in [0, 0.05) is 6.92 Å². The van der Waals surface area contributed by atoms with E-state index in [-0.39, 0.29) is 28.2 Å². The number of nitrogens with one attached hydrogen (secondary N) is 1. The first-order chi connectivity index (χ1) is 11.4. The highest BCUT2D eigenvalue weighted by Crippen LogP contribution is 2.33. The van der Waals surface area contributed by atoms with Gasteiger partial charge >= 0.3 is 0 Å². The van der Waals surface area contributed by atoms with Crippen LogP contribution in [0.1, 0.15) is 12.5 Å². The van der Waals surface area contributed by atoms with Gasteiger partial charge in [0.25, 0.3) is 0 Å². The highest BCUT2D eigenvalue weighted by Gasteiger charge is 2.21. The van der Waals surface area contributed by atoms with Crippen LogP contribution in [0.3, 0.4) is 0 Å². The number of para-hydroxylation sites is 2. The number of hydrogen-bond acceptors (Lipinski definition) is 3. The van der Waals surface area contributed by atoms with Crippen molar-refractivity contribution in [2.24, 2.45) is 0 Å². The van der Waals surface area contributed by atoms with E-state index in [1.165, 1.54) is 11.8 Å². The van der Waals surface area contributed by atoms with Crippen molar-refractivity contribution in [3.8, 4) is 6.07 Å². The standard InChI is InChI=1S/C17H13Cl2N3O2/c1-11(23)22(17-13(18)6-4-7-14(17)19)10-16(24)21-15-8-3-2-5-12(15)9-20/h2-8H,10H2,1H3,(H,21,24). The maximum absolute atomic E-state index is 12.3. The normalized spacial score (nSPS) is 9.92. The molecule has 2 aromatic rings. The largest absolute Gasteiger partial charge is 0.323 e. The number of anilines is 2. The summed E-state index contributed by atoms with van der Waals surface area (Å²) in [6, 6.07) is 13.4. The zero-order valence-electron chi connectivity index (χ0n) is 12.7. The van der Waals surface area contributed by atoms with E-state index in [1.807, 2.05) is 6.07 Å². The van der Waals surface area contributed by atoms with Crippen LogP contribution in [0.5, 0.6) is 0 Å². The smallest absolute Gasteiger partial charge is 0.244 e. The average Bonchev–Trinajstić information content (AvgIpc) is 2.54. The predicted octanol–water partition coefficient (Wildman–Crippen LogP) is 3.86. The Morgan fingerprint density at radius 3 is 2.33 bits per heavy atom. The Morgan fingerprint density at radius 1 is 1.12 bits per heavy atom. The summed E-state index contributed by atoms with van der Waals surface area (Å²) in [4.78, 5) is 25.4. The summed E-state index contributed by atoms with van der Waals surface area (Å²) in [5, 5.41) is 12.2. The molecule has 1 N–H and O–H groups in total. The summed E-state index contributed by atoms with van der Waals surface area (Å²) in [7, 11) is 0. The van der Waals surface area contributed by atoms with Crippen molar-refractivity contribution in [1.82, 2.24) is 0 Å². The summed E-state index contributed by atoms with van der Waals surface area (Å²) in [5.41, 5.74) is 0.979. The molecule has 0 aliphatic rings. The second-order valence-electron chi connectivity index (χ2n) is 4.88. The molecule has 122 valence electrons. The minimum Gasteiger partial charge on any atom is -0.323 e. The van der Waals surface area contributed by atoms with Gasteiger partial charge in [0.1, 0.15) is 12.6 Å². The maximum atomic E-state index is 12.3. The quantitative estimate of drug-likeness (QED) is 0.898. The lowest BCUT2D eigenvalue weighted by molar-refractivity contribution is -0.120. The zero-order chi connectivity index (χ0) is 17.7. The number of halogens is 2. The minimum atomic E-state index is -0.469. The van der Waals surface area contributed by atoms with Gasteiger partial charge in [-0.3, -0.25) is 9.59 Å². The van der Waals surface area contributed by atoms with Crippen molar-refractivity contribution in [2.45, 2.75) is 6.92 Å². The molecule has 0 heterocycles. The summed E-state index contributed by atoms with van der Waals surface area (Å²) in [6.45, 7) is 1.04. The Hall–Kier alpha value is -2.55. The van der Waals surface area contributed by atoms with Gasteiger partial charge in [-0.1, -0.05) is 41.4 Å². The van der Waals surface area contributed by atoms with E-state index < -0.39 is 5.91 Å². The molecular formula is C17H13Cl2N3O2.